The Morgan fingerprint density at radius 2 is 1.56 bits per heavy atom. The van der Waals surface area contributed by atoms with Crippen LogP contribution < -0.4 is 4.74 Å². The molecule has 0 aliphatic carbocycles. The van der Waals surface area contributed by atoms with Gasteiger partial charge in [-0.3, -0.25) is 0 Å². The Bertz CT molecular complexity index is 1220. The third-order valence-electron chi connectivity index (χ3n) is 5.56. The molecule has 0 bridgehead atoms. The highest BCUT2D eigenvalue weighted by atomic mass is 16.5. The number of fused-ring (bicyclic) bond motifs is 1. The second kappa shape index (κ2) is 10.5. The summed E-state index contributed by atoms with van der Waals surface area (Å²) < 4.78 is 7.38. The molecule has 0 atom stereocenters. The number of aromatic hydroxyl groups is 1. The minimum Gasteiger partial charge on any atom is -0.504 e. The first kappa shape index (κ1) is 21.5. The molecule has 3 heteroatoms. The molecule has 0 saturated heterocycles. The highest BCUT2D eigenvalue weighted by Gasteiger charge is 2.03. The Morgan fingerprint density at radius 1 is 0.844 bits per heavy atom. The lowest BCUT2D eigenvalue weighted by Gasteiger charge is -2.06. The first-order chi connectivity index (χ1) is 15.7. The van der Waals surface area contributed by atoms with E-state index in [0.29, 0.717) is 5.75 Å². The quantitative estimate of drug-likeness (QED) is 0.287. The van der Waals surface area contributed by atoms with E-state index in [0.717, 1.165) is 31.4 Å². The van der Waals surface area contributed by atoms with Gasteiger partial charge >= 0.3 is 0 Å². The topological polar surface area (TPSA) is 34.4 Å². The fourth-order valence-corrected chi connectivity index (χ4v) is 3.83. The first-order valence-electron chi connectivity index (χ1n) is 11.1. The molecular weight excluding hydrogens is 394 g/mol. The lowest BCUT2D eigenvalue weighted by Crippen LogP contribution is -1.97. The van der Waals surface area contributed by atoms with Crippen molar-refractivity contribution in [3.63, 3.8) is 0 Å². The summed E-state index contributed by atoms with van der Waals surface area (Å²) in [7, 11) is 1.55. The zero-order valence-corrected chi connectivity index (χ0v) is 18.4. The van der Waals surface area contributed by atoms with Gasteiger partial charge in [0.25, 0.3) is 0 Å². The predicted molar refractivity (Wildman–Crippen MR) is 134 cm³/mol. The van der Waals surface area contributed by atoms with Crippen LogP contribution in [-0.2, 0) is 6.54 Å². The smallest absolute Gasteiger partial charge is 0.160 e. The van der Waals surface area contributed by atoms with Crippen molar-refractivity contribution >= 4 is 23.1 Å². The minimum atomic E-state index is 0.171. The Morgan fingerprint density at radius 3 is 2.28 bits per heavy atom. The van der Waals surface area contributed by atoms with Crippen molar-refractivity contribution in [2.24, 2.45) is 0 Å². The number of nitrogens with zero attached hydrogens (tertiary/aromatic N) is 1. The van der Waals surface area contributed by atoms with E-state index in [1.54, 1.807) is 19.2 Å². The van der Waals surface area contributed by atoms with Crippen LogP contribution in [0.3, 0.4) is 0 Å². The third-order valence-corrected chi connectivity index (χ3v) is 5.56. The molecule has 0 spiro atoms. The average Bonchev–Trinajstić information content (AvgIpc) is 3.21. The highest BCUT2D eigenvalue weighted by molar-refractivity contribution is 5.82. The van der Waals surface area contributed by atoms with Gasteiger partial charge in [-0.05, 0) is 65.6 Å². The van der Waals surface area contributed by atoms with E-state index in [-0.39, 0.29) is 5.75 Å². The molecule has 1 aromatic heterocycles. The molecule has 4 rings (SSSR count). The molecule has 0 unspecified atom stereocenters. The zero-order chi connectivity index (χ0) is 22.2. The molecule has 32 heavy (non-hydrogen) atoms. The van der Waals surface area contributed by atoms with Crippen molar-refractivity contribution in [2.75, 3.05) is 7.11 Å². The molecule has 1 N–H and O–H groups in total. The van der Waals surface area contributed by atoms with E-state index in [1.807, 2.05) is 12.1 Å². The second-order valence-electron chi connectivity index (χ2n) is 7.91. The molecule has 0 amide bonds. The Balaban J connectivity index is 1.30. The van der Waals surface area contributed by atoms with Crippen LogP contribution >= 0.6 is 0 Å². The fraction of sp³-hybridized carbons (Fsp3) is 0.172. The van der Waals surface area contributed by atoms with Crippen LogP contribution in [0.1, 0.15) is 36.0 Å². The number of phenolic OH excluding ortho intramolecular Hbond substituents is 1. The number of methoxy groups -OCH3 is 1. The van der Waals surface area contributed by atoms with E-state index in [2.05, 4.69) is 83.6 Å². The molecule has 4 aromatic rings. The summed E-state index contributed by atoms with van der Waals surface area (Å²) in [5.74, 6) is 0.669. The number of hydrogen-bond acceptors (Lipinski definition) is 2. The van der Waals surface area contributed by atoms with Gasteiger partial charge in [0.05, 0.1) is 7.11 Å². The van der Waals surface area contributed by atoms with Crippen molar-refractivity contribution in [3.8, 4) is 11.5 Å². The van der Waals surface area contributed by atoms with Crippen molar-refractivity contribution in [2.45, 2.75) is 25.8 Å². The first-order valence-corrected chi connectivity index (χ1v) is 11.1. The van der Waals surface area contributed by atoms with E-state index in [9.17, 15) is 5.11 Å². The summed E-state index contributed by atoms with van der Waals surface area (Å²) in [5, 5.41) is 11.1. The maximum atomic E-state index is 9.85. The van der Waals surface area contributed by atoms with Gasteiger partial charge in [0.2, 0.25) is 0 Å². The number of hydrogen-bond donors (Lipinski definition) is 1. The summed E-state index contributed by atoms with van der Waals surface area (Å²) >= 11 is 0. The third kappa shape index (κ3) is 5.50. The Hall–Kier alpha value is -3.72. The van der Waals surface area contributed by atoms with Gasteiger partial charge in [0.1, 0.15) is 0 Å². The Labute approximate surface area is 189 Å². The standard InChI is InChI=1S/C29H29NO2/c1-32-29-17-15-24(21-28(29)31)11-7-4-2-3-6-10-23-14-16-26-18-19-30(27(26)20-23)22-25-12-8-5-9-13-25/h5-21,31H,2-4,22H2,1H3/b10-6+,11-7+. The molecule has 3 aromatic carbocycles. The lowest BCUT2D eigenvalue weighted by molar-refractivity contribution is 0.373. The number of aromatic nitrogens is 1. The minimum absolute atomic E-state index is 0.171. The average molecular weight is 424 g/mol. The molecule has 0 radical (unpaired) electrons. The highest BCUT2D eigenvalue weighted by Crippen LogP contribution is 2.26. The number of unbranched alkanes of at least 4 members (excludes halogenated alkanes) is 2. The molecule has 162 valence electrons. The van der Waals surface area contributed by atoms with Gasteiger partial charge in [-0.1, -0.05) is 72.8 Å². The largest absolute Gasteiger partial charge is 0.504 e. The second-order valence-corrected chi connectivity index (χ2v) is 7.91. The van der Waals surface area contributed by atoms with Crippen molar-refractivity contribution in [1.82, 2.24) is 4.57 Å². The van der Waals surface area contributed by atoms with Crippen molar-refractivity contribution in [3.05, 3.63) is 108 Å². The number of phenols is 1. The summed E-state index contributed by atoms with van der Waals surface area (Å²) in [4.78, 5) is 0. The summed E-state index contributed by atoms with van der Waals surface area (Å²) in [6.07, 6.45) is 13.9. The van der Waals surface area contributed by atoms with Crippen LogP contribution in [0.25, 0.3) is 23.1 Å². The molecule has 0 aliphatic rings. The van der Waals surface area contributed by atoms with E-state index in [4.69, 9.17) is 4.74 Å². The molecule has 0 saturated carbocycles. The molecule has 0 fully saturated rings. The van der Waals surface area contributed by atoms with Crippen LogP contribution in [0.4, 0.5) is 0 Å². The molecule has 0 aliphatic heterocycles. The number of benzene rings is 3. The van der Waals surface area contributed by atoms with Gasteiger partial charge in [0.15, 0.2) is 11.5 Å². The van der Waals surface area contributed by atoms with E-state index in [1.165, 1.54) is 22.0 Å². The summed E-state index contributed by atoms with van der Waals surface area (Å²) in [5.41, 5.74) is 4.78. The van der Waals surface area contributed by atoms with Crippen LogP contribution in [-0.4, -0.2) is 16.8 Å². The van der Waals surface area contributed by atoms with Gasteiger partial charge < -0.3 is 14.4 Å². The van der Waals surface area contributed by atoms with Crippen LogP contribution in [0.5, 0.6) is 11.5 Å². The van der Waals surface area contributed by atoms with Crippen molar-refractivity contribution < 1.29 is 9.84 Å². The number of rotatable bonds is 9. The van der Waals surface area contributed by atoms with Crippen LogP contribution in [0.15, 0.2) is 91.1 Å². The number of ether oxygens (including phenoxy) is 1. The zero-order valence-electron chi connectivity index (χ0n) is 18.4. The van der Waals surface area contributed by atoms with Gasteiger partial charge in [0, 0.05) is 18.3 Å². The van der Waals surface area contributed by atoms with Gasteiger partial charge in [-0.15, -0.1) is 0 Å². The van der Waals surface area contributed by atoms with E-state index < -0.39 is 0 Å². The lowest BCUT2D eigenvalue weighted by atomic mass is 10.1. The van der Waals surface area contributed by atoms with Crippen molar-refractivity contribution in [1.29, 1.82) is 0 Å². The molecule has 1 heterocycles. The Kier molecular flexibility index (Phi) is 7.08. The monoisotopic (exact) mass is 423 g/mol. The number of allylic oxidation sites excluding steroid dienone is 2. The summed E-state index contributed by atoms with van der Waals surface area (Å²) in [6.45, 7) is 0.885. The SMILES string of the molecule is COc1ccc(/C=C/CCC/C=C/c2ccc3ccn(Cc4ccccc4)c3c2)cc1O. The summed E-state index contributed by atoms with van der Waals surface area (Å²) in [6, 6.07) is 24.8. The molecule has 3 nitrogen and oxygen atoms in total. The van der Waals surface area contributed by atoms with Crippen LogP contribution in [0.2, 0.25) is 0 Å². The maximum absolute atomic E-state index is 9.85. The van der Waals surface area contributed by atoms with Gasteiger partial charge in [-0.2, -0.15) is 0 Å². The van der Waals surface area contributed by atoms with E-state index >= 15 is 0 Å². The fourth-order valence-electron chi connectivity index (χ4n) is 3.83. The maximum Gasteiger partial charge on any atom is 0.160 e. The van der Waals surface area contributed by atoms with Crippen LogP contribution in [0, 0.1) is 0 Å². The van der Waals surface area contributed by atoms with Gasteiger partial charge in [-0.25, -0.2) is 0 Å². The normalized spacial score (nSPS) is 11.7. The predicted octanol–water partition coefficient (Wildman–Crippen LogP) is 7.30. The molecular formula is C29H29NO2.